The van der Waals surface area contributed by atoms with Gasteiger partial charge in [-0.05, 0) is 25.0 Å². The fraction of sp³-hybridized carbons (Fsp3) is 0.333. The first kappa shape index (κ1) is 13.8. The lowest BCUT2D eigenvalue weighted by Crippen LogP contribution is -2.35. The highest BCUT2D eigenvalue weighted by Crippen LogP contribution is 2.28. The number of aromatic amines is 1. The van der Waals surface area contributed by atoms with Crippen LogP contribution in [-0.4, -0.2) is 30.2 Å². The molecule has 1 aliphatic heterocycles. The number of carbonyl (C=O) groups is 1. The molecule has 1 atom stereocenters. The van der Waals surface area contributed by atoms with E-state index in [4.69, 9.17) is 0 Å². The molecular formula is C15H14N2O3S. The standard InChI is InChI=1S/C15H14N2O3S/c16-8-10-4-3-5-12-14(10)11(9-17-12)15(18)13-6-1-2-7-21(13,19)20/h3-5,9,13,17H,1-2,6-7H2. The zero-order chi connectivity index (χ0) is 15.0. The number of benzene rings is 1. The number of hydrogen-bond donors (Lipinski definition) is 1. The van der Waals surface area contributed by atoms with Crippen LogP contribution in [0, 0.1) is 11.3 Å². The predicted octanol–water partition coefficient (Wildman–Crippen LogP) is 2.19. The summed E-state index contributed by atoms with van der Waals surface area (Å²) in [5.74, 6) is -0.333. The van der Waals surface area contributed by atoms with Gasteiger partial charge in [0.25, 0.3) is 0 Å². The van der Waals surface area contributed by atoms with Crippen LogP contribution in [0.3, 0.4) is 0 Å². The second-order valence-electron chi connectivity index (χ2n) is 5.26. The van der Waals surface area contributed by atoms with E-state index < -0.39 is 20.9 Å². The molecule has 1 aromatic carbocycles. The van der Waals surface area contributed by atoms with Gasteiger partial charge in [-0.1, -0.05) is 12.5 Å². The average molecular weight is 302 g/mol. The maximum atomic E-state index is 12.7. The number of H-pyrrole nitrogens is 1. The highest BCUT2D eigenvalue weighted by atomic mass is 32.2. The lowest BCUT2D eigenvalue weighted by molar-refractivity contribution is 0.0983. The molecule has 1 unspecified atom stereocenters. The number of nitrogens with zero attached hydrogens (tertiary/aromatic N) is 1. The van der Waals surface area contributed by atoms with E-state index in [-0.39, 0.29) is 5.75 Å². The maximum Gasteiger partial charge on any atom is 0.183 e. The first-order valence-corrected chi connectivity index (χ1v) is 8.52. The minimum absolute atomic E-state index is 0.0663. The van der Waals surface area contributed by atoms with E-state index in [9.17, 15) is 18.5 Å². The topological polar surface area (TPSA) is 90.8 Å². The SMILES string of the molecule is N#Cc1cccc2[nH]cc(C(=O)C3CCCCS3(=O)=O)c12. The van der Waals surface area contributed by atoms with E-state index in [1.165, 1.54) is 6.20 Å². The van der Waals surface area contributed by atoms with E-state index in [1.54, 1.807) is 18.2 Å². The molecule has 0 saturated carbocycles. The van der Waals surface area contributed by atoms with Crippen LogP contribution >= 0.6 is 0 Å². The van der Waals surface area contributed by atoms with Gasteiger partial charge < -0.3 is 4.98 Å². The van der Waals surface area contributed by atoms with Crippen molar-refractivity contribution in [1.82, 2.24) is 4.98 Å². The molecule has 1 aliphatic rings. The summed E-state index contributed by atoms with van der Waals surface area (Å²) in [6.45, 7) is 0. The van der Waals surface area contributed by atoms with Gasteiger partial charge in [-0.3, -0.25) is 4.79 Å². The summed E-state index contributed by atoms with van der Waals surface area (Å²) >= 11 is 0. The molecule has 1 fully saturated rings. The van der Waals surface area contributed by atoms with Crippen LogP contribution in [0.25, 0.3) is 10.9 Å². The number of sulfone groups is 1. The molecule has 6 heteroatoms. The molecule has 3 rings (SSSR count). The fourth-order valence-electron chi connectivity index (χ4n) is 2.89. The predicted molar refractivity (Wildman–Crippen MR) is 78.8 cm³/mol. The van der Waals surface area contributed by atoms with Crippen molar-refractivity contribution in [2.45, 2.75) is 24.5 Å². The lowest BCUT2D eigenvalue weighted by Gasteiger charge is -2.20. The van der Waals surface area contributed by atoms with Crippen LogP contribution in [0.4, 0.5) is 0 Å². The third kappa shape index (κ3) is 2.24. The fourth-order valence-corrected chi connectivity index (χ4v) is 4.76. The Hall–Kier alpha value is -2.13. The van der Waals surface area contributed by atoms with Crippen LogP contribution in [-0.2, 0) is 9.84 Å². The van der Waals surface area contributed by atoms with Gasteiger partial charge in [0.1, 0.15) is 5.25 Å². The Morgan fingerprint density at radius 1 is 1.33 bits per heavy atom. The Labute approximate surface area is 122 Å². The molecule has 0 amide bonds. The number of aromatic nitrogens is 1. The minimum atomic E-state index is -3.38. The number of ketones is 1. The van der Waals surface area contributed by atoms with E-state index in [1.807, 2.05) is 0 Å². The van der Waals surface area contributed by atoms with E-state index in [2.05, 4.69) is 11.1 Å². The van der Waals surface area contributed by atoms with Gasteiger partial charge in [-0.2, -0.15) is 5.26 Å². The Kier molecular flexibility index (Phi) is 3.30. The molecule has 0 bridgehead atoms. The molecule has 1 aromatic heterocycles. The molecule has 1 saturated heterocycles. The first-order chi connectivity index (χ1) is 10.0. The molecule has 2 heterocycles. The van der Waals surface area contributed by atoms with Crippen LogP contribution in [0.1, 0.15) is 35.2 Å². The van der Waals surface area contributed by atoms with Gasteiger partial charge in [0, 0.05) is 22.7 Å². The third-order valence-electron chi connectivity index (χ3n) is 3.96. The molecule has 0 radical (unpaired) electrons. The number of nitrogens with one attached hydrogen (secondary N) is 1. The van der Waals surface area contributed by atoms with Crippen molar-refractivity contribution in [2.24, 2.45) is 0 Å². The highest BCUT2D eigenvalue weighted by Gasteiger charge is 2.36. The number of carbonyl (C=O) groups excluding carboxylic acids is 1. The van der Waals surface area contributed by atoms with Crippen LogP contribution in [0.2, 0.25) is 0 Å². The zero-order valence-corrected chi connectivity index (χ0v) is 12.1. The molecule has 5 nitrogen and oxygen atoms in total. The Morgan fingerprint density at radius 2 is 2.14 bits per heavy atom. The van der Waals surface area contributed by atoms with E-state index in [0.29, 0.717) is 34.9 Å². The third-order valence-corrected chi connectivity index (χ3v) is 6.14. The number of Topliss-reactive ketones (excluding diaryl/α,β-unsaturated/α-hetero) is 1. The quantitative estimate of drug-likeness (QED) is 0.861. The van der Waals surface area contributed by atoms with Gasteiger partial charge in [0.15, 0.2) is 15.6 Å². The van der Waals surface area contributed by atoms with Gasteiger partial charge in [-0.25, -0.2) is 8.42 Å². The molecule has 21 heavy (non-hydrogen) atoms. The summed E-state index contributed by atoms with van der Waals surface area (Å²) < 4.78 is 24.2. The number of rotatable bonds is 2. The van der Waals surface area contributed by atoms with Crippen molar-refractivity contribution in [1.29, 1.82) is 5.26 Å². The smallest absolute Gasteiger partial charge is 0.183 e. The van der Waals surface area contributed by atoms with E-state index in [0.717, 1.165) is 6.42 Å². The molecule has 1 N–H and O–H groups in total. The van der Waals surface area contributed by atoms with Crippen LogP contribution < -0.4 is 0 Å². The van der Waals surface area contributed by atoms with Crippen molar-refractivity contribution >= 4 is 26.5 Å². The van der Waals surface area contributed by atoms with Crippen molar-refractivity contribution in [3.63, 3.8) is 0 Å². The molecule has 2 aromatic rings. The molecule has 108 valence electrons. The molecule has 0 aliphatic carbocycles. The van der Waals surface area contributed by atoms with Crippen molar-refractivity contribution in [2.75, 3.05) is 5.75 Å². The van der Waals surface area contributed by atoms with Gasteiger partial charge in [-0.15, -0.1) is 0 Å². The van der Waals surface area contributed by atoms with Crippen LogP contribution in [0.15, 0.2) is 24.4 Å². The molecular weight excluding hydrogens is 288 g/mol. The van der Waals surface area contributed by atoms with Crippen LogP contribution in [0.5, 0.6) is 0 Å². The Balaban J connectivity index is 2.13. The Bertz CT molecular complexity index is 859. The second kappa shape index (κ2) is 5.01. The van der Waals surface area contributed by atoms with Crippen molar-refractivity contribution in [3.05, 3.63) is 35.5 Å². The highest BCUT2D eigenvalue weighted by molar-refractivity contribution is 7.92. The minimum Gasteiger partial charge on any atom is -0.360 e. The first-order valence-electron chi connectivity index (χ1n) is 6.80. The number of fused-ring (bicyclic) bond motifs is 1. The normalized spacial score (nSPS) is 21.0. The summed E-state index contributed by atoms with van der Waals surface area (Å²) in [5.41, 5.74) is 1.36. The molecule has 0 spiro atoms. The summed E-state index contributed by atoms with van der Waals surface area (Å²) in [6, 6.07) is 7.17. The summed E-state index contributed by atoms with van der Waals surface area (Å²) in [5, 5.41) is 8.72. The van der Waals surface area contributed by atoms with Gasteiger partial charge >= 0.3 is 0 Å². The van der Waals surface area contributed by atoms with Crippen molar-refractivity contribution < 1.29 is 13.2 Å². The van der Waals surface area contributed by atoms with Crippen molar-refractivity contribution in [3.8, 4) is 6.07 Å². The monoisotopic (exact) mass is 302 g/mol. The largest absolute Gasteiger partial charge is 0.360 e. The van der Waals surface area contributed by atoms with Gasteiger partial charge in [0.05, 0.1) is 17.4 Å². The number of hydrogen-bond acceptors (Lipinski definition) is 4. The summed E-state index contributed by atoms with van der Waals surface area (Å²) in [6.07, 6.45) is 3.23. The Morgan fingerprint density at radius 3 is 2.86 bits per heavy atom. The second-order valence-corrected chi connectivity index (χ2v) is 7.56. The lowest BCUT2D eigenvalue weighted by atomic mass is 10.0. The number of nitriles is 1. The zero-order valence-electron chi connectivity index (χ0n) is 11.3. The summed E-state index contributed by atoms with van der Waals surface area (Å²) in [7, 11) is -3.38. The van der Waals surface area contributed by atoms with Gasteiger partial charge in [0.2, 0.25) is 0 Å². The average Bonchev–Trinajstić information content (AvgIpc) is 2.90. The summed E-state index contributed by atoms with van der Waals surface area (Å²) in [4.78, 5) is 15.6. The van der Waals surface area contributed by atoms with E-state index >= 15 is 0 Å². The maximum absolute atomic E-state index is 12.7.